The number of aryl methyl sites for hydroxylation is 5. The van der Waals surface area contributed by atoms with Crippen molar-refractivity contribution in [3.05, 3.63) is 150 Å². The van der Waals surface area contributed by atoms with Gasteiger partial charge >= 0.3 is 0 Å². The Morgan fingerprint density at radius 3 is 1.17 bits per heavy atom. The van der Waals surface area contributed by atoms with Crippen LogP contribution in [0.5, 0.6) is 23.0 Å². The molecule has 0 spiro atoms. The van der Waals surface area contributed by atoms with Gasteiger partial charge in [-0.05, 0) is 246 Å². The number of halogens is 2. The molecule has 0 atom stereocenters. The molecule has 0 saturated heterocycles. The number of hydrogen-bond acceptors (Lipinski definition) is 14. The molecule has 0 fully saturated rings. The molecule has 9 aromatic heterocycles. The van der Waals surface area contributed by atoms with Gasteiger partial charge in [0.2, 0.25) is 0 Å². The van der Waals surface area contributed by atoms with Gasteiger partial charge in [0.15, 0.2) is 0 Å². The predicted molar refractivity (Wildman–Crippen MR) is 512 cm³/mol. The molecule has 118 heavy (non-hydrogen) atoms. The summed E-state index contributed by atoms with van der Waals surface area (Å²) in [6.07, 6.45) is 43.7. The molecule has 0 aliphatic rings. The predicted octanol–water partition coefficient (Wildman–Crippen LogP) is 29.6. The average Bonchev–Trinajstić information content (AvgIpc) is 1.57. The van der Waals surface area contributed by atoms with Crippen molar-refractivity contribution in [1.29, 1.82) is 0 Å². The van der Waals surface area contributed by atoms with Crippen molar-refractivity contribution in [1.82, 2.24) is 24.5 Å². The Labute approximate surface area is 738 Å². The normalized spacial score (nSPS) is 10.7. The summed E-state index contributed by atoms with van der Waals surface area (Å²) in [4.78, 5) is 31.8. The lowest BCUT2D eigenvalue weighted by atomic mass is 10.0. The maximum atomic E-state index is 6.22. The zero-order chi connectivity index (χ0) is 82.4. The van der Waals surface area contributed by atoms with Crippen molar-refractivity contribution in [3.63, 3.8) is 0 Å². The van der Waals surface area contributed by atoms with Crippen LogP contribution in [0.15, 0.2) is 129 Å². The summed E-state index contributed by atoms with van der Waals surface area (Å²) >= 11 is 18.5. The van der Waals surface area contributed by atoms with Gasteiger partial charge in [0.05, 0.1) is 73.7 Å². The van der Waals surface area contributed by atoms with Gasteiger partial charge in [0.1, 0.15) is 57.3 Å². The van der Waals surface area contributed by atoms with Gasteiger partial charge in [0, 0.05) is 93.6 Å². The molecule has 0 aliphatic carbocycles. The molecule has 0 radical (unpaired) electrons. The number of thiophene rings is 6. The van der Waals surface area contributed by atoms with Gasteiger partial charge in [-0.15, -0.1) is 80.9 Å². The number of hydrogen-bond donors (Lipinski definition) is 0. The third-order valence-corrected chi connectivity index (χ3v) is 28.8. The number of unbranched alkanes of at least 4 members (excludes halogenated alkanes) is 16. The fourth-order valence-electron chi connectivity index (χ4n) is 14.0. The highest BCUT2D eigenvalue weighted by Gasteiger charge is 2.27. The minimum Gasteiger partial charge on any atom is -0.494 e. The maximum Gasteiger partial charge on any atom is 0.140 e. The Kier molecular flexibility index (Phi) is 33.7. The van der Waals surface area contributed by atoms with E-state index in [1.165, 1.54) is 181 Å². The topological polar surface area (TPSA) is 93.4 Å². The van der Waals surface area contributed by atoms with Gasteiger partial charge < -0.3 is 23.5 Å². The molecule has 9 nitrogen and oxygen atoms in total. The van der Waals surface area contributed by atoms with Crippen LogP contribution in [0.2, 0.25) is 0 Å². The summed E-state index contributed by atoms with van der Waals surface area (Å²) in [5.41, 5.74) is 16.1. The Morgan fingerprint density at radius 1 is 0.347 bits per heavy atom. The zero-order valence-corrected chi connectivity index (χ0v) is 76.2. The number of fused-ring (bicyclic) bond motifs is 5. The average molecular weight is 1800 g/mol. The summed E-state index contributed by atoms with van der Waals surface area (Å²) in [6, 6.07) is 41.8. The van der Waals surface area contributed by atoms with E-state index in [9.17, 15) is 0 Å². The molecule has 4 aromatic carbocycles. The van der Waals surface area contributed by atoms with E-state index in [-0.39, 0.29) is 0 Å². The molecule has 0 amide bonds. The lowest BCUT2D eigenvalue weighted by Gasteiger charge is -2.12. The smallest absolute Gasteiger partial charge is 0.140 e. The quantitative estimate of drug-likeness (QED) is 0.0281. The first-order chi connectivity index (χ1) is 57.9. The van der Waals surface area contributed by atoms with Gasteiger partial charge in [-0.1, -0.05) is 150 Å². The minimum atomic E-state index is 0.583. The maximum absolute atomic E-state index is 6.22. The second-order valence-corrected chi connectivity index (χ2v) is 38.0. The van der Waals surface area contributed by atoms with Crippen LogP contribution in [-0.2, 0) is 19.4 Å². The largest absolute Gasteiger partial charge is 0.494 e. The lowest BCUT2D eigenvalue weighted by Crippen LogP contribution is -1.98. The van der Waals surface area contributed by atoms with Crippen LogP contribution in [0.3, 0.4) is 0 Å². The molecule has 0 N–H and O–H groups in total. The highest BCUT2D eigenvalue weighted by atomic mass is 79.9. The molecular formula is C101H95Br2N5O4S6. The summed E-state index contributed by atoms with van der Waals surface area (Å²) < 4.78 is 30.8. The number of aromatic nitrogens is 5. The van der Waals surface area contributed by atoms with E-state index in [2.05, 4.69) is 217 Å². The molecule has 0 saturated carbocycles. The number of ether oxygens (including phenoxy) is 4. The van der Waals surface area contributed by atoms with E-state index < -0.39 is 0 Å². The SMILES string of the molecule is C#CC#CC#CC#COc1ccc(-c2nc3c(-c4sc(-c5cc6c(s5)c5sc(-c7cc(CCC)c(C)s7)cc5n6CCCCCCCCC)cc4CCC)sc(C)c3nc2-c2ccc(OCCCCCCCC)cc2)cc1.C#CC#CC#CC#COc1ccc(-c2nc3c(Br)sc(Br)c3nc2-c2ccc(OCCCCCCCC)cc2)cc1. The van der Waals surface area contributed by atoms with Crippen molar-refractivity contribution in [2.75, 3.05) is 13.2 Å². The van der Waals surface area contributed by atoms with E-state index in [1.807, 2.05) is 129 Å². The monoisotopic (exact) mass is 1790 g/mol. The number of rotatable bonds is 37. The third kappa shape index (κ3) is 23.2. The molecule has 13 aromatic rings. The molecule has 13 rings (SSSR count). The second kappa shape index (κ2) is 45.4. The highest BCUT2D eigenvalue weighted by Crippen LogP contribution is 2.52. The van der Waals surface area contributed by atoms with E-state index in [0.29, 0.717) is 18.1 Å². The Bertz CT molecular complexity index is 6100. The van der Waals surface area contributed by atoms with Gasteiger partial charge in [-0.25, -0.2) is 19.9 Å². The first-order valence-corrected chi connectivity index (χ1v) is 47.6. The Hall–Kier alpha value is -9.80. The first-order valence-electron chi connectivity index (χ1n) is 41.1. The van der Waals surface area contributed by atoms with Crippen molar-refractivity contribution in [2.45, 2.75) is 203 Å². The zero-order valence-electron chi connectivity index (χ0n) is 68.2. The molecule has 598 valence electrons. The lowest BCUT2D eigenvalue weighted by molar-refractivity contribution is 0.304. The summed E-state index contributed by atoms with van der Waals surface area (Å²) in [6.45, 7) is 18.3. The Morgan fingerprint density at radius 2 is 0.720 bits per heavy atom. The van der Waals surface area contributed by atoms with Crippen molar-refractivity contribution in [3.8, 4) is 193 Å². The van der Waals surface area contributed by atoms with Crippen LogP contribution in [0.25, 0.3) is 117 Å². The van der Waals surface area contributed by atoms with Crippen molar-refractivity contribution in [2.24, 2.45) is 0 Å². The molecule has 0 aliphatic heterocycles. The third-order valence-electron chi connectivity index (χ3n) is 20.0. The van der Waals surface area contributed by atoms with Crippen LogP contribution in [0.1, 0.15) is 190 Å². The Balaban J connectivity index is 0.000000262. The number of terminal acetylenes is 2. The molecular weight excluding hydrogens is 1700 g/mol. The van der Waals surface area contributed by atoms with Gasteiger partial charge in [-0.2, -0.15) is 0 Å². The summed E-state index contributed by atoms with van der Waals surface area (Å²) in [7, 11) is 0. The van der Waals surface area contributed by atoms with Crippen LogP contribution in [0.4, 0.5) is 0 Å². The summed E-state index contributed by atoms with van der Waals surface area (Å²) in [5.74, 6) is 32.9. The van der Waals surface area contributed by atoms with Crippen LogP contribution in [0, 0.1) is 110 Å². The first kappa shape index (κ1) is 87.5. The standard InChI is InChI=1S/C67H69N3O2S5.C34H26Br2N2O2S/c1-8-13-16-19-22-23-26-39-70-54-44-58(56-42-50(29-11-4)46(6)73-56)76-65(54)66-55(70)45-59(77-66)57-43-51(30-12-5)64(75-57)67-63-60(47(7)74-67)68-61(48-31-35-52(36-32-48)71-40-27-24-20-17-14-9-2)62(69-63)49-33-37-53(38-34-49)72-41-28-25-21-18-15-10-3;1-3-5-7-9-11-13-23-39-27-19-15-25(16-20-27)29-30(38-32-31(37-29)33(35)41-34(32)36)26-17-21-28(22-18-26)40-24-14-12-10-8-6-4-2/h3,31-38,42-45H,8-9,11-14,16-17,19-20,22-24,26-27,29-30,39-40H2,1-2,4-7H3;1,15-22H,4,6,8,10,12,14,24H2,2H3. The van der Waals surface area contributed by atoms with Gasteiger partial charge in [-0.3, -0.25) is 0 Å². The van der Waals surface area contributed by atoms with Crippen molar-refractivity contribution < 1.29 is 18.9 Å². The number of benzene rings is 4. The minimum absolute atomic E-state index is 0.583. The molecule has 17 heteroatoms. The number of nitrogens with zero attached hydrogens (tertiary/aromatic N) is 5. The molecule has 0 unspecified atom stereocenters. The van der Waals surface area contributed by atoms with E-state index in [4.69, 9.17) is 51.7 Å². The molecule has 0 bridgehead atoms. The van der Waals surface area contributed by atoms with E-state index >= 15 is 0 Å². The van der Waals surface area contributed by atoms with E-state index in [1.54, 1.807) is 11.3 Å². The van der Waals surface area contributed by atoms with Crippen molar-refractivity contribution >= 4 is 142 Å². The van der Waals surface area contributed by atoms with E-state index in [0.717, 1.165) is 136 Å². The van der Waals surface area contributed by atoms with Gasteiger partial charge in [0.25, 0.3) is 0 Å². The molecule has 9 heterocycles. The fraction of sp³-hybridized carbons (Fsp3) is 0.327. The van der Waals surface area contributed by atoms with Crippen LogP contribution >= 0.6 is 99.9 Å². The second-order valence-electron chi connectivity index (χ2n) is 28.7. The van der Waals surface area contributed by atoms with Crippen LogP contribution in [-0.4, -0.2) is 37.7 Å². The highest BCUT2D eigenvalue weighted by molar-refractivity contribution is 9.12. The van der Waals surface area contributed by atoms with Crippen LogP contribution < -0.4 is 18.9 Å². The summed E-state index contributed by atoms with van der Waals surface area (Å²) in [5, 5.41) is 0. The fourth-order valence-corrected chi connectivity index (χ4v) is 22.9.